The molecule has 4 rings (SSSR count). The van der Waals surface area contributed by atoms with E-state index in [1.165, 1.54) is 10.6 Å². The first kappa shape index (κ1) is 18.7. The van der Waals surface area contributed by atoms with Gasteiger partial charge < -0.3 is 10.6 Å². The van der Waals surface area contributed by atoms with Crippen molar-refractivity contribution in [1.82, 2.24) is 29.8 Å². The van der Waals surface area contributed by atoms with Crippen LogP contribution in [0.5, 0.6) is 0 Å². The van der Waals surface area contributed by atoms with Gasteiger partial charge in [-0.3, -0.25) is 0 Å². The van der Waals surface area contributed by atoms with Crippen LogP contribution in [0.15, 0.2) is 24.4 Å². The van der Waals surface area contributed by atoms with E-state index in [9.17, 15) is 13.2 Å². The number of alkyl halides is 3. The first-order valence-corrected chi connectivity index (χ1v) is 9.07. The number of nitrogens with zero attached hydrogens (tertiary/aromatic N) is 6. The molecule has 0 saturated heterocycles. The van der Waals surface area contributed by atoms with Crippen molar-refractivity contribution in [1.29, 1.82) is 0 Å². The summed E-state index contributed by atoms with van der Waals surface area (Å²) in [5.74, 6) is -0.286. The molecule has 0 aromatic carbocycles. The van der Waals surface area contributed by atoms with Gasteiger partial charge in [0.25, 0.3) is 0 Å². The van der Waals surface area contributed by atoms with Gasteiger partial charge in [0.05, 0.1) is 0 Å². The maximum Gasteiger partial charge on any atom is 0.451 e. The molecule has 148 valence electrons. The van der Waals surface area contributed by atoms with Crippen molar-refractivity contribution >= 4 is 28.9 Å². The Bertz CT molecular complexity index is 968. The Hall–Kier alpha value is -2.69. The second-order valence-corrected chi connectivity index (χ2v) is 6.90. The molecule has 1 fully saturated rings. The largest absolute Gasteiger partial charge is 0.451 e. The molecule has 2 N–H and O–H groups in total. The van der Waals surface area contributed by atoms with Crippen molar-refractivity contribution in [2.24, 2.45) is 0 Å². The van der Waals surface area contributed by atoms with E-state index >= 15 is 0 Å². The maximum atomic E-state index is 12.7. The van der Waals surface area contributed by atoms with Crippen LogP contribution >= 0.6 is 11.6 Å². The van der Waals surface area contributed by atoms with Gasteiger partial charge in [0.2, 0.25) is 11.1 Å². The van der Waals surface area contributed by atoms with Crippen LogP contribution in [0.2, 0.25) is 5.28 Å². The van der Waals surface area contributed by atoms with Crippen LogP contribution < -0.4 is 10.6 Å². The summed E-state index contributed by atoms with van der Waals surface area (Å²) in [6.07, 6.45) is -0.184. The van der Waals surface area contributed by atoms with Gasteiger partial charge in [0.1, 0.15) is 11.6 Å². The molecule has 0 spiro atoms. The highest BCUT2D eigenvalue weighted by molar-refractivity contribution is 6.28. The molecule has 28 heavy (non-hydrogen) atoms. The monoisotopic (exact) mass is 412 g/mol. The number of halogens is 4. The number of nitrogens with one attached hydrogen (secondary N) is 2. The van der Waals surface area contributed by atoms with E-state index in [2.05, 4.69) is 35.9 Å². The Balaban J connectivity index is 1.33. The zero-order valence-electron chi connectivity index (χ0n) is 14.5. The van der Waals surface area contributed by atoms with Crippen molar-refractivity contribution in [3.8, 4) is 0 Å². The van der Waals surface area contributed by atoms with Gasteiger partial charge in [-0.1, -0.05) is 0 Å². The number of anilines is 2. The highest BCUT2D eigenvalue weighted by Crippen LogP contribution is 2.28. The molecular formula is C16H16ClF3N8. The van der Waals surface area contributed by atoms with Crippen molar-refractivity contribution in [2.75, 3.05) is 10.6 Å². The van der Waals surface area contributed by atoms with Crippen LogP contribution in [0.25, 0.3) is 5.65 Å². The molecule has 3 aromatic heterocycles. The molecule has 0 unspecified atom stereocenters. The SMILES string of the molecule is FC(F)(F)c1nccc(NC2CCC(Nc3ccc4nnc(Cl)n4n3)CC2)n1. The molecule has 0 atom stereocenters. The van der Waals surface area contributed by atoms with Gasteiger partial charge in [-0.15, -0.1) is 15.3 Å². The summed E-state index contributed by atoms with van der Waals surface area (Å²) in [5.41, 5.74) is 0.562. The molecule has 3 heterocycles. The predicted octanol–water partition coefficient (Wildman–Crippen LogP) is 3.42. The summed E-state index contributed by atoms with van der Waals surface area (Å²) in [4.78, 5) is 6.83. The third-order valence-corrected chi connectivity index (χ3v) is 4.80. The Kier molecular flexibility index (Phi) is 4.92. The van der Waals surface area contributed by atoms with Gasteiger partial charge in [0.15, 0.2) is 5.65 Å². The molecule has 1 aliphatic rings. The number of rotatable bonds is 4. The third kappa shape index (κ3) is 4.08. The summed E-state index contributed by atoms with van der Waals surface area (Å²) in [6.45, 7) is 0. The average Bonchev–Trinajstić information content (AvgIpc) is 3.04. The minimum Gasteiger partial charge on any atom is -0.367 e. The summed E-state index contributed by atoms with van der Waals surface area (Å²) < 4.78 is 39.6. The van der Waals surface area contributed by atoms with Crippen molar-refractivity contribution in [3.63, 3.8) is 0 Å². The second-order valence-electron chi connectivity index (χ2n) is 6.56. The maximum absolute atomic E-state index is 12.7. The molecular weight excluding hydrogens is 397 g/mol. The fourth-order valence-electron chi connectivity index (χ4n) is 3.22. The number of hydrogen-bond acceptors (Lipinski definition) is 7. The summed E-state index contributed by atoms with van der Waals surface area (Å²) in [7, 11) is 0. The van der Waals surface area contributed by atoms with Crippen molar-refractivity contribution < 1.29 is 13.2 Å². The summed E-state index contributed by atoms with van der Waals surface area (Å²) in [5, 5.41) is 18.6. The number of hydrogen-bond donors (Lipinski definition) is 2. The van der Waals surface area contributed by atoms with Gasteiger partial charge in [-0.25, -0.2) is 9.97 Å². The third-order valence-electron chi connectivity index (χ3n) is 4.57. The van der Waals surface area contributed by atoms with E-state index in [4.69, 9.17) is 11.6 Å². The van der Waals surface area contributed by atoms with Crippen LogP contribution in [0.1, 0.15) is 31.5 Å². The van der Waals surface area contributed by atoms with E-state index in [1.807, 2.05) is 6.07 Å². The Morgan fingerprint density at radius 2 is 1.64 bits per heavy atom. The number of fused-ring (bicyclic) bond motifs is 1. The van der Waals surface area contributed by atoms with E-state index in [0.29, 0.717) is 11.5 Å². The molecule has 0 bridgehead atoms. The molecule has 0 aliphatic heterocycles. The summed E-state index contributed by atoms with van der Waals surface area (Å²) >= 11 is 5.93. The van der Waals surface area contributed by atoms with E-state index < -0.39 is 12.0 Å². The van der Waals surface area contributed by atoms with Crippen LogP contribution in [-0.2, 0) is 6.18 Å². The zero-order valence-corrected chi connectivity index (χ0v) is 15.2. The van der Waals surface area contributed by atoms with Crippen molar-refractivity contribution in [3.05, 3.63) is 35.5 Å². The van der Waals surface area contributed by atoms with Gasteiger partial charge in [-0.2, -0.15) is 17.7 Å². The lowest BCUT2D eigenvalue weighted by Gasteiger charge is -2.30. The lowest BCUT2D eigenvalue weighted by atomic mass is 9.91. The predicted molar refractivity (Wildman–Crippen MR) is 96.1 cm³/mol. The molecule has 12 heteroatoms. The molecule has 1 saturated carbocycles. The zero-order chi connectivity index (χ0) is 19.7. The van der Waals surface area contributed by atoms with Crippen molar-refractivity contribution in [2.45, 2.75) is 43.9 Å². The first-order chi connectivity index (χ1) is 13.4. The van der Waals surface area contributed by atoms with Crippen LogP contribution in [0.3, 0.4) is 0 Å². The van der Waals surface area contributed by atoms with Crippen LogP contribution in [0, 0.1) is 0 Å². The van der Waals surface area contributed by atoms with Gasteiger partial charge in [-0.05, 0) is 55.5 Å². The molecule has 3 aromatic rings. The molecule has 1 aliphatic carbocycles. The normalized spacial score (nSPS) is 20.3. The van der Waals surface area contributed by atoms with E-state index in [0.717, 1.165) is 31.9 Å². The standard InChI is InChI=1S/C16H16ClF3N8/c17-15-26-25-13-6-5-12(27-28(13)15)23-10-3-1-9(2-4-10)22-11-7-8-21-14(24-11)16(18,19)20/h5-10H,1-4H2,(H,23,27)(H,21,22,24). The Morgan fingerprint density at radius 3 is 2.32 bits per heavy atom. The van der Waals surface area contributed by atoms with Crippen LogP contribution in [0.4, 0.5) is 24.8 Å². The van der Waals surface area contributed by atoms with Crippen LogP contribution in [-0.4, -0.2) is 41.9 Å². The fourth-order valence-corrected chi connectivity index (χ4v) is 3.38. The molecule has 0 amide bonds. The minimum atomic E-state index is -4.55. The lowest BCUT2D eigenvalue weighted by molar-refractivity contribution is -0.144. The fraction of sp³-hybridized carbons (Fsp3) is 0.438. The smallest absolute Gasteiger partial charge is 0.367 e. The Labute approximate surface area is 162 Å². The van der Waals surface area contributed by atoms with Gasteiger partial charge in [0, 0.05) is 18.3 Å². The number of aromatic nitrogens is 6. The average molecular weight is 413 g/mol. The van der Waals surface area contributed by atoms with E-state index in [1.54, 1.807) is 6.07 Å². The lowest BCUT2D eigenvalue weighted by Crippen LogP contribution is -2.33. The quantitative estimate of drug-likeness (QED) is 0.678. The first-order valence-electron chi connectivity index (χ1n) is 8.70. The van der Waals surface area contributed by atoms with E-state index in [-0.39, 0.29) is 23.2 Å². The highest BCUT2D eigenvalue weighted by Gasteiger charge is 2.34. The molecule has 0 radical (unpaired) electrons. The minimum absolute atomic E-state index is 0.0526. The van der Waals surface area contributed by atoms with Gasteiger partial charge >= 0.3 is 6.18 Å². The second kappa shape index (κ2) is 7.38. The highest BCUT2D eigenvalue weighted by atomic mass is 35.5. The Morgan fingerprint density at radius 1 is 0.964 bits per heavy atom. The topological polar surface area (TPSA) is 92.9 Å². The molecule has 8 nitrogen and oxygen atoms in total. The summed E-state index contributed by atoms with van der Waals surface area (Å²) in [6, 6.07) is 5.28.